The highest BCUT2D eigenvalue weighted by Gasteiger charge is 2.37. The van der Waals surface area contributed by atoms with Crippen LogP contribution in [-0.2, 0) is 12.4 Å². The molecule has 0 bridgehead atoms. The minimum absolute atomic E-state index is 0.1000. The average Bonchev–Trinajstić information content (AvgIpc) is 3.28. The van der Waals surface area contributed by atoms with Crippen molar-refractivity contribution in [1.82, 2.24) is 9.88 Å². The number of hydrogen-bond donors (Lipinski definition) is 0. The summed E-state index contributed by atoms with van der Waals surface area (Å²) in [7, 11) is 0. The lowest BCUT2D eigenvalue weighted by Gasteiger charge is -2.18. The molecule has 4 rings (SSSR count). The highest BCUT2D eigenvalue weighted by Crippen LogP contribution is 2.39. The number of carbonyl (C=O) groups excluding carboxylic acids is 1. The van der Waals surface area contributed by atoms with E-state index in [0.29, 0.717) is 36.3 Å². The Bertz CT molecular complexity index is 1170. The van der Waals surface area contributed by atoms with Crippen LogP contribution in [0.5, 0.6) is 0 Å². The third-order valence-corrected chi connectivity index (χ3v) is 6.00. The van der Waals surface area contributed by atoms with Crippen LogP contribution in [0.15, 0.2) is 60.9 Å². The molecule has 178 valence electrons. The number of nitrogens with zero attached hydrogens (tertiary/aromatic N) is 2. The Morgan fingerprint density at radius 1 is 0.971 bits per heavy atom. The monoisotopic (exact) mass is 478 g/mol. The molecule has 2 heterocycles. The second-order valence-corrected chi connectivity index (χ2v) is 8.35. The van der Waals surface area contributed by atoms with Gasteiger partial charge in [-0.3, -0.25) is 9.78 Å². The maximum Gasteiger partial charge on any atom is 0.416 e. The number of pyridine rings is 1. The molecule has 0 spiro atoms. The second-order valence-electron chi connectivity index (χ2n) is 8.35. The van der Waals surface area contributed by atoms with Gasteiger partial charge in [0.2, 0.25) is 0 Å². The highest BCUT2D eigenvalue weighted by molar-refractivity contribution is 5.95. The van der Waals surface area contributed by atoms with E-state index in [1.54, 1.807) is 24.2 Å². The van der Waals surface area contributed by atoms with Gasteiger partial charge in [-0.25, -0.2) is 0 Å². The van der Waals surface area contributed by atoms with Gasteiger partial charge in [0.25, 0.3) is 5.91 Å². The summed E-state index contributed by atoms with van der Waals surface area (Å²) in [5.74, 6) is -0.0787. The summed E-state index contributed by atoms with van der Waals surface area (Å²) in [4.78, 5) is 18.8. The predicted octanol–water partition coefficient (Wildman–Crippen LogP) is 6.72. The molecular weight excluding hydrogens is 458 g/mol. The van der Waals surface area contributed by atoms with Crippen LogP contribution in [0.4, 0.5) is 26.3 Å². The van der Waals surface area contributed by atoms with Crippen LogP contribution < -0.4 is 0 Å². The Labute approximate surface area is 192 Å². The normalized spacial score (nSPS) is 16.7. The van der Waals surface area contributed by atoms with E-state index in [0.717, 1.165) is 12.0 Å². The molecule has 2 aromatic carbocycles. The zero-order valence-corrected chi connectivity index (χ0v) is 18.0. The number of halogens is 6. The van der Waals surface area contributed by atoms with E-state index in [-0.39, 0.29) is 29.0 Å². The van der Waals surface area contributed by atoms with Crippen molar-refractivity contribution >= 4 is 5.91 Å². The van der Waals surface area contributed by atoms with Crippen molar-refractivity contribution in [2.75, 3.05) is 13.1 Å². The Kier molecular flexibility index (Phi) is 6.14. The molecule has 3 aromatic rings. The number of benzene rings is 2. The Hall–Kier alpha value is -3.36. The van der Waals surface area contributed by atoms with Gasteiger partial charge in [0.05, 0.1) is 11.1 Å². The van der Waals surface area contributed by atoms with E-state index in [4.69, 9.17) is 0 Å². The molecule has 1 fully saturated rings. The van der Waals surface area contributed by atoms with Crippen LogP contribution in [0, 0.1) is 6.92 Å². The van der Waals surface area contributed by atoms with E-state index in [9.17, 15) is 31.1 Å². The van der Waals surface area contributed by atoms with Gasteiger partial charge in [0.1, 0.15) is 0 Å². The zero-order chi connectivity index (χ0) is 24.7. The molecule has 0 aliphatic carbocycles. The number of aryl methyl sites for hydroxylation is 1. The van der Waals surface area contributed by atoms with Gasteiger partial charge >= 0.3 is 12.4 Å². The Balaban J connectivity index is 1.61. The number of aromatic nitrogens is 1. The zero-order valence-electron chi connectivity index (χ0n) is 18.0. The summed E-state index contributed by atoms with van der Waals surface area (Å²) < 4.78 is 79.4. The van der Waals surface area contributed by atoms with E-state index >= 15 is 0 Å². The minimum atomic E-state index is -4.93. The summed E-state index contributed by atoms with van der Waals surface area (Å²) >= 11 is 0. The fourth-order valence-corrected chi connectivity index (χ4v) is 4.25. The Morgan fingerprint density at radius 2 is 1.65 bits per heavy atom. The number of rotatable bonds is 3. The molecule has 3 nitrogen and oxygen atoms in total. The molecule has 1 aliphatic heterocycles. The maximum absolute atomic E-state index is 13.2. The third kappa shape index (κ3) is 4.93. The molecule has 0 radical (unpaired) electrons. The molecule has 1 atom stereocenters. The molecule has 1 amide bonds. The lowest BCUT2D eigenvalue weighted by atomic mass is 9.94. The molecule has 1 aliphatic rings. The molecular formula is C25H20F6N2O. The summed E-state index contributed by atoms with van der Waals surface area (Å²) in [6.45, 7) is 2.61. The summed E-state index contributed by atoms with van der Waals surface area (Å²) in [5.41, 5.74) is -1.00. The molecule has 1 unspecified atom stereocenters. The van der Waals surface area contributed by atoms with Crippen LogP contribution in [0.1, 0.15) is 45.0 Å². The molecule has 0 N–H and O–H groups in total. The van der Waals surface area contributed by atoms with Crippen molar-refractivity contribution in [3.05, 3.63) is 88.7 Å². The highest BCUT2D eigenvalue weighted by atomic mass is 19.4. The molecule has 0 saturated carbocycles. The van der Waals surface area contributed by atoms with Gasteiger partial charge in [-0.15, -0.1) is 0 Å². The number of likely N-dealkylation sites (tertiary alicyclic amines) is 1. The van der Waals surface area contributed by atoms with Crippen LogP contribution >= 0.6 is 0 Å². The first-order chi connectivity index (χ1) is 15.9. The fourth-order valence-electron chi connectivity index (χ4n) is 4.25. The van der Waals surface area contributed by atoms with E-state index in [2.05, 4.69) is 4.98 Å². The van der Waals surface area contributed by atoms with Gasteiger partial charge in [-0.05, 0) is 72.0 Å². The number of alkyl halides is 6. The summed E-state index contributed by atoms with van der Waals surface area (Å²) in [6.07, 6.45) is -5.64. The predicted molar refractivity (Wildman–Crippen MR) is 114 cm³/mol. The van der Waals surface area contributed by atoms with Crippen molar-refractivity contribution in [1.29, 1.82) is 0 Å². The molecule has 1 saturated heterocycles. The first kappa shape index (κ1) is 23.8. The lowest BCUT2D eigenvalue weighted by molar-refractivity contribution is -0.143. The smallest absolute Gasteiger partial charge is 0.338 e. The molecule has 9 heteroatoms. The van der Waals surface area contributed by atoms with Crippen LogP contribution in [0.2, 0.25) is 0 Å². The van der Waals surface area contributed by atoms with Gasteiger partial charge in [-0.2, -0.15) is 26.3 Å². The largest absolute Gasteiger partial charge is 0.416 e. The van der Waals surface area contributed by atoms with Crippen LogP contribution in [0.25, 0.3) is 11.1 Å². The maximum atomic E-state index is 13.2. The van der Waals surface area contributed by atoms with E-state index in [1.807, 2.05) is 12.1 Å². The van der Waals surface area contributed by atoms with E-state index in [1.165, 1.54) is 18.2 Å². The number of carbonyl (C=O) groups is 1. The summed E-state index contributed by atoms with van der Waals surface area (Å²) in [6, 6.07) is 9.61. The van der Waals surface area contributed by atoms with Gasteiger partial charge in [0, 0.05) is 37.0 Å². The van der Waals surface area contributed by atoms with Crippen LogP contribution in [0.3, 0.4) is 0 Å². The summed E-state index contributed by atoms with van der Waals surface area (Å²) in [5, 5.41) is 0. The lowest BCUT2D eigenvalue weighted by Crippen LogP contribution is -2.28. The quantitative estimate of drug-likeness (QED) is 0.392. The fraction of sp³-hybridized carbons (Fsp3) is 0.280. The van der Waals surface area contributed by atoms with Crippen molar-refractivity contribution in [2.45, 2.75) is 31.6 Å². The standard InChI is InChI=1S/C25H20F6N2O/c1-15-9-16(23(34)33-8-6-18(14-33)17-3-2-7-32-13-17)4-5-22(15)19-10-20(24(26,27)28)12-21(11-19)25(29,30)31/h2-5,7,9-13,18H,6,8,14H2,1H3. The SMILES string of the molecule is Cc1cc(C(=O)N2CCC(c3cccnc3)C2)ccc1-c1cc(C(F)(F)F)cc(C(F)(F)F)c1. The first-order valence-electron chi connectivity index (χ1n) is 10.5. The van der Waals surface area contributed by atoms with Crippen molar-refractivity contribution in [3.8, 4) is 11.1 Å². The number of amides is 1. The van der Waals surface area contributed by atoms with Crippen LogP contribution in [-0.4, -0.2) is 28.9 Å². The van der Waals surface area contributed by atoms with Gasteiger partial charge in [-0.1, -0.05) is 12.1 Å². The topological polar surface area (TPSA) is 33.2 Å². The third-order valence-electron chi connectivity index (χ3n) is 6.00. The molecule has 1 aromatic heterocycles. The minimum Gasteiger partial charge on any atom is -0.338 e. The van der Waals surface area contributed by atoms with Gasteiger partial charge < -0.3 is 4.90 Å². The van der Waals surface area contributed by atoms with Crippen molar-refractivity contribution in [2.24, 2.45) is 0 Å². The second kappa shape index (κ2) is 8.77. The van der Waals surface area contributed by atoms with Crippen molar-refractivity contribution < 1.29 is 31.1 Å². The Morgan fingerprint density at radius 3 is 2.21 bits per heavy atom. The van der Waals surface area contributed by atoms with Crippen molar-refractivity contribution in [3.63, 3.8) is 0 Å². The average molecular weight is 478 g/mol. The molecule has 34 heavy (non-hydrogen) atoms. The number of hydrogen-bond acceptors (Lipinski definition) is 2. The van der Waals surface area contributed by atoms with Gasteiger partial charge in [0.15, 0.2) is 0 Å². The first-order valence-corrected chi connectivity index (χ1v) is 10.5. The van der Waals surface area contributed by atoms with E-state index < -0.39 is 23.5 Å².